The summed E-state index contributed by atoms with van der Waals surface area (Å²) >= 11 is 11.8. The van der Waals surface area contributed by atoms with Gasteiger partial charge in [-0.25, -0.2) is 4.79 Å². The van der Waals surface area contributed by atoms with E-state index in [2.05, 4.69) is 5.32 Å². The van der Waals surface area contributed by atoms with Crippen molar-refractivity contribution in [2.45, 2.75) is 32.2 Å². The van der Waals surface area contributed by atoms with E-state index < -0.39 is 17.4 Å². The lowest BCUT2D eigenvalue weighted by atomic mass is 9.93. The van der Waals surface area contributed by atoms with Crippen LogP contribution in [0.4, 0.5) is 0 Å². The normalized spacial score (nSPS) is 11.6. The highest BCUT2D eigenvalue weighted by molar-refractivity contribution is 6.34. The number of nitrogens with one attached hydrogen (secondary N) is 1. The zero-order chi connectivity index (χ0) is 16.0. The molecule has 6 heteroatoms. The summed E-state index contributed by atoms with van der Waals surface area (Å²) in [6.07, 6.45) is 3.36. The van der Waals surface area contributed by atoms with Crippen molar-refractivity contribution in [3.63, 3.8) is 0 Å². The van der Waals surface area contributed by atoms with Gasteiger partial charge in [-0.15, -0.1) is 0 Å². The summed E-state index contributed by atoms with van der Waals surface area (Å²) in [6, 6.07) is 4.89. The van der Waals surface area contributed by atoms with Gasteiger partial charge in [-0.1, -0.05) is 37.0 Å². The van der Waals surface area contributed by atoms with Gasteiger partial charge in [0.25, 0.3) is 0 Å². The first-order valence-corrected chi connectivity index (χ1v) is 7.29. The van der Waals surface area contributed by atoms with Crippen LogP contribution in [0.5, 0.6) is 0 Å². The van der Waals surface area contributed by atoms with Gasteiger partial charge >= 0.3 is 5.97 Å². The predicted molar refractivity (Wildman–Crippen MR) is 84.6 cm³/mol. The molecule has 0 aliphatic heterocycles. The number of aliphatic carboxylic acids is 1. The van der Waals surface area contributed by atoms with Crippen LogP contribution < -0.4 is 5.32 Å². The van der Waals surface area contributed by atoms with Crippen LogP contribution in [0.15, 0.2) is 24.3 Å². The maximum atomic E-state index is 11.9. The van der Waals surface area contributed by atoms with E-state index in [0.29, 0.717) is 28.5 Å². The summed E-state index contributed by atoms with van der Waals surface area (Å²) in [6.45, 7) is 3.44. The van der Waals surface area contributed by atoms with E-state index in [9.17, 15) is 14.7 Å². The zero-order valence-corrected chi connectivity index (χ0v) is 13.3. The van der Waals surface area contributed by atoms with Gasteiger partial charge < -0.3 is 10.4 Å². The van der Waals surface area contributed by atoms with Gasteiger partial charge in [0.2, 0.25) is 5.91 Å². The van der Waals surface area contributed by atoms with E-state index in [-0.39, 0.29) is 0 Å². The molecule has 0 spiro atoms. The average molecular weight is 330 g/mol. The van der Waals surface area contributed by atoms with Crippen molar-refractivity contribution >= 4 is 41.2 Å². The molecule has 0 unspecified atom stereocenters. The number of carbonyl (C=O) groups is 2. The number of hydrogen-bond donors (Lipinski definition) is 2. The predicted octanol–water partition coefficient (Wildman–Crippen LogP) is 3.77. The first-order chi connectivity index (χ1) is 9.84. The number of carbonyl (C=O) groups excluding carboxylic acids is 1. The second-order valence-corrected chi connectivity index (χ2v) is 5.43. The van der Waals surface area contributed by atoms with Gasteiger partial charge in [-0.3, -0.25) is 4.79 Å². The first kappa shape index (κ1) is 17.5. The third kappa shape index (κ3) is 4.48. The SMILES string of the molecule is CCC(CC)(NC(=O)C=Cc1cc(Cl)ccc1Cl)C(=O)O. The lowest BCUT2D eigenvalue weighted by Crippen LogP contribution is -2.53. The number of rotatable bonds is 6. The minimum Gasteiger partial charge on any atom is -0.480 e. The Labute approximate surface area is 133 Å². The van der Waals surface area contributed by atoms with Crippen molar-refractivity contribution in [1.29, 1.82) is 0 Å². The van der Waals surface area contributed by atoms with E-state index in [1.54, 1.807) is 32.0 Å². The number of hydrogen-bond acceptors (Lipinski definition) is 2. The summed E-state index contributed by atoms with van der Waals surface area (Å²) in [5.41, 5.74) is -0.659. The molecule has 0 aliphatic carbocycles. The van der Waals surface area contributed by atoms with Crippen molar-refractivity contribution in [1.82, 2.24) is 5.32 Å². The highest BCUT2D eigenvalue weighted by Crippen LogP contribution is 2.22. The maximum absolute atomic E-state index is 11.9. The zero-order valence-electron chi connectivity index (χ0n) is 11.8. The van der Waals surface area contributed by atoms with Crippen molar-refractivity contribution in [3.05, 3.63) is 39.9 Å². The fourth-order valence-electron chi connectivity index (χ4n) is 1.87. The van der Waals surface area contributed by atoms with E-state index >= 15 is 0 Å². The van der Waals surface area contributed by atoms with Crippen LogP contribution in [0.2, 0.25) is 10.0 Å². The molecule has 0 saturated carbocycles. The molecule has 0 radical (unpaired) electrons. The molecule has 1 aromatic rings. The monoisotopic (exact) mass is 329 g/mol. The Morgan fingerprint density at radius 1 is 1.29 bits per heavy atom. The molecule has 0 atom stereocenters. The third-order valence-electron chi connectivity index (χ3n) is 3.35. The molecular weight excluding hydrogens is 313 g/mol. The Balaban J connectivity index is 2.88. The van der Waals surface area contributed by atoms with Crippen molar-refractivity contribution in [2.75, 3.05) is 0 Å². The van der Waals surface area contributed by atoms with Gasteiger partial charge in [-0.05, 0) is 42.7 Å². The minimum atomic E-state index is -1.25. The van der Waals surface area contributed by atoms with Gasteiger partial charge in [0.05, 0.1) is 0 Å². The van der Waals surface area contributed by atoms with Crippen molar-refractivity contribution in [2.24, 2.45) is 0 Å². The Bertz CT molecular complexity index is 566. The molecule has 2 N–H and O–H groups in total. The van der Waals surface area contributed by atoms with Crippen LogP contribution in [0, 0.1) is 0 Å². The van der Waals surface area contributed by atoms with Gasteiger partial charge in [-0.2, -0.15) is 0 Å². The molecule has 0 aliphatic rings. The van der Waals surface area contributed by atoms with E-state index in [0.717, 1.165) is 0 Å². The standard InChI is InChI=1S/C15H17Cl2NO3/c1-3-15(4-2,14(20)21)18-13(19)8-5-10-9-11(16)6-7-12(10)17/h5-9H,3-4H2,1-2H3,(H,18,19)(H,20,21). The molecule has 1 amide bonds. The fourth-order valence-corrected chi connectivity index (χ4v) is 2.23. The van der Waals surface area contributed by atoms with Crippen LogP contribution in [-0.4, -0.2) is 22.5 Å². The summed E-state index contributed by atoms with van der Waals surface area (Å²) in [5, 5.41) is 12.8. The number of benzene rings is 1. The average Bonchev–Trinajstić information content (AvgIpc) is 2.45. The Hall–Kier alpha value is -1.52. The first-order valence-electron chi connectivity index (χ1n) is 6.53. The maximum Gasteiger partial charge on any atom is 0.329 e. The quantitative estimate of drug-likeness (QED) is 0.781. The minimum absolute atomic E-state index is 0.302. The number of halogens is 2. The number of amides is 1. The largest absolute Gasteiger partial charge is 0.480 e. The molecular formula is C15H17Cl2NO3. The number of carboxylic acids is 1. The topological polar surface area (TPSA) is 66.4 Å². The summed E-state index contributed by atoms with van der Waals surface area (Å²) in [7, 11) is 0. The van der Waals surface area contributed by atoms with Crippen molar-refractivity contribution in [3.8, 4) is 0 Å². The Kier molecular flexibility index (Phi) is 6.24. The van der Waals surface area contributed by atoms with Gasteiger partial charge in [0.1, 0.15) is 5.54 Å². The summed E-state index contributed by atoms with van der Waals surface area (Å²) < 4.78 is 0. The smallest absolute Gasteiger partial charge is 0.329 e. The second kappa shape index (κ2) is 7.48. The van der Waals surface area contributed by atoms with E-state index in [4.69, 9.17) is 23.2 Å². The van der Waals surface area contributed by atoms with Crippen LogP contribution in [-0.2, 0) is 9.59 Å². The van der Waals surface area contributed by atoms with Crippen LogP contribution in [0.1, 0.15) is 32.3 Å². The molecule has 21 heavy (non-hydrogen) atoms. The van der Waals surface area contributed by atoms with Gasteiger partial charge in [0, 0.05) is 16.1 Å². The van der Waals surface area contributed by atoms with Crippen LogP contribution >= 0.6 is 23.2 Å². The Morgan fingerprint density at radius 3 is 2.43 bits per heavy atom. The molecule has 114 valence electrons. The van der Waals surface area contributed by atoms with E-state index in [1.165, 1.54) is 12.2 Å². The second-order valence-electron chi connectivity index (χ2n) is 4.58. The fraction of sp³-hybridized carbons (Fsp3) is 0.333. The lowest BCUT2D eigenvalue weighted by Gasteiger charge is -2.27. The van der Waals surface area contributed by atoms with Crippen molar-refractivity contribution < 1.29 is 14.7 Å². The summed E-state index contributed by atoms with van der Waals surface area (Å²) in [4.78, 5) is 23.2. The van der Waals surface area contributed by atoms with Gasteiger partial charge in [0.15, 0.2) is 0 Å². The molecule has 0 heterocycles. The van der Waals surface area contributed by atoms with Crippen LogP contribution in [0.3, 0.4) is 0 Å². The molecule has 1 aromatic carbocycles. The molecule has 4 nitrogen and oxygen atoms in total. The summed E-state index contributed by atoms with van der Waals surface area (Å²) in [5.74, 6) is -1.54. The lowest BCUT2D eigenvalue weighted by molar-refractivity contribution is -0.147. The molecule has 0 aromatic heterocycles. The third-order valence-corrected chi connectivity index (χ3v) is 3.93. The highest BCUT2D eigenvalue weighted by Gasteiger charge is 2.35. The highest BCUT2D eigenvalue weighted by atomic mass is 35.5. The Morgan fingerprint density at radius 2 is 1.90 bits per heavy atom. The molecule has 0 saturated heterocycles. The molecule has 0 bridgehead atoms. The molecule has 1 rings (SSSR count). The van der Waals surface area contributed by atoms with E-state index in [1.807, 2.05) is 0 Å². The molecule has 0 fully saturated rings. The van der Waals surface area contributed by atoms with Crippen LogP contribution in [0.25, 0.3) is 6.08 Å². The number of carboxylic acid groups (broad SMARTS) is 1.